The van der Waals surface area contributed by atoms with Gasteiger partial charge in [0.2, 0.25) is 0 Å². The molecule has 2 N–H and O–H groups in total. The van der Waals surface area contributed by atoms with Crippen LogP contribution in [-0.2, 0) is 0 Å². The molecule has 0 aliphatic heterocycles. The number of rotatable bonds is 1. The number of nitrogens with zero attached hydrogens (tertiary/aromatic N) is 1. The number of para-hydroxylation sites is 1. The summed E-state index contributed by atoms with van der Waals surface area (Å²) in [5.41, 5.74) is 5.28. The third-order valence-electron chi connectivity index (χ3n) is 4.29. The fourth-order valence-electron chi connectivity index (χ4n) is 3.26. The lowest BCUT2D eigenvalue weighted by Gasteiger charge is -1.97. The van der Waals surface area contributed by atoms with E-state index in [-0.39, 0.29) is 0 Å². The number of ether oxygens (including phenoxy) is 1. The average Bonchev–Trinajstić information content (AvgIpc) is 3.11. The summed E-state index contributed by atoms with van der Waals surface area (Å²) in [4.78, 5) is 11.6. The molecule has 22 heavy (non-hydrogen) atoms. The average molecular weight is 287 g/mol. The SMILES string of the molecule is COc1ccc2c(c1)[nH]c1c2ncc2[nH]c3ccccc3c21. The minimum atomic E-state index is 0.842. The van der Waals surface area contributed by atoms with Gasteiger partial charge in [-0.15, -0.1) is 0 Å². The van der Waals surface area contributed by atoms with Crippen molar-refractivity contribution in [1.29, 1.82) is 0 Å². The van der Waals surface area contributed by atoms with Gasteiger partial charge < -0.3 is 14.7 Å². The first-order valence-corrected chi connectivity index (χ1v) is 7.20. The number of fused-ring (bicyclic) bond motifs is 7. The molecule has 0 fully saturated rings. The van der Waals surface area contributed by atoms with Crippen molar-refractivity contribution in [3.8, 4) is 5.75 Å². The fourth-order valence-corrected chi connectivity index (χ4v) is 3.26. The lowest BCUT2D eigenvalue weighted by Crippen LogP contribution is -1.81. The summed E-state index contributed by atoms with van der Waals surface area (Å²) in [5, 5.41) is 3.52. The molecule has 0 bridgehead atoms. The Kier molecular flexibility index (Phi) is 2.12. The zero-order valence-electron chi connectivity index (χ0n) is 12.0. The van der Waals surface area contributed by atoms with Gasteiger partial charge in [0.25, 0.3) is 0 Å². The van der Waals surface area contributed by atoms with Gasteiger partial charge in [0, 0.05) is 27.7 Å². The molecule has 2 aromatic carbocycles. The third-order valence-corrected chi connectivity index (χ3v) is 4.29. The number of aromatic nitrogens is 3. The first-order valence-electron chi connectivity index (χ1n) is 7.20. The standard InChI is InChI=1S/C18H13N3O/c1-22-10-6-7-12-14(8-10)21-18-16-11-4-2-3-5-13(11)20-15(16)9-19-17(12)18/h2-9,20-21H,1H3. The van der Waals surface area contributed by atoms with Gasteiger partial charge in [0.1, 0.15) is 5.75 Å². The predicted molar refractivity (Wildman–Crippen MR) is 89.5 cm³/mol. The van der Waals surface area contributed by atoms with Crippen LogP contribution in [0, 0.1) is 0 Å². The Labute approximate surface area is 125 Å². The quantitative estimate of drug-likeness (QED) is 0.481. The van der Waals surface area contributed by atoms with E-state index >= 15 is 0 Å². The van der Waals surface area contributed by atoms with Gasteiger partial charge >= 0.3 is 0 Å². The Morgan fingerprint density at radius 2 is 1.82 bits per heavy atom. The van der Waals surface area contributed by atoms with E-state index in [4.69, 9.17) is 4.74 Å². The van der Waals surface area contributed by atoms with Crippen molar-refractivity contribution in [3.63, 3.8) is 0 Å². The van der Waals surface area contributed by atoms with Gasteiger partial charge in [-0.1, -0.05) is 18.2 Å². The number of pyridine rings is 1. The molecule has 0 unspecified atom stereocenters. The van der Waals surface area contributed by atoms with Crippen LogP contribution in [0.25, 0.3) is 43.7 Å². The number of hydrogen-bond acceptors (Lipinski definition) is 2. The summed E-state index contributed by atoms with van der Waals surface area (Å²) in [6, 6.07) is 14.4. The Morgan fingerprint density at radius 3 is 2.73 bits per heavy atom. The second-order valence-electron chi connectivity index (χ2n) is 5.48. The Hall–Kier alpha value is -3.01. The van der Waals surface area contributed by atoms with Crippen LogP contribution in [0.4, 0.5) is 0 Å². The molecular formula is C18H13N3O. The van der Waals surface area contributed by atoms with Crippen LogP contribution in [0.15, 0.2) is 48.7 Å². The number of nitrogens with one attached hydrogen (secondary N) is 2. The van der Waals surface area contributed by atoms with Crippen LogP contribution in [0.2, 0.25) is 0 Å². The summed E-state index contributed by atoms with van der Waals surface area (Å²) >= 11 is 0. The largest absolute Gasteiger partial charge is 0.497 e. The second kappa shape index (κ2) is 4.01. The van der Waals surface area contributed by atoms with E-state index in [1.165, 1.54) is 10.8 Å². The van der Waals surface area contributed by atoms with E-state index in [1.54, 1.807) is 7.11 Å². The lowest BCUT2D eigenvalue weighted by atomic mass is 10.1. The minimum absolute atomic E-state index is 0.842. The Morgan fingerprint density at radius 1 is 0.909 bits per heavy atom. The summed E-state index contributed by atoms with van der Waals surface area (Å²) in [5.74, 6) is 0.842. The molecule has 3 heterocycles. The van der Waals surface area contributed by atoms with E-state index in [2.05, 4.69) is 39.2 Å². The van der Waals surface area contributed by atoms with Gasteiger partial charge in [-0.3, -0.25) is 4.98 Å². The summed E-state index contributed by atoms with van der Waals surface area (Å²) in [6.07, 6.45) is 1.91. The summed E-state index contributed by atoms with van der Waals surface area (Å²) in [6.45, 7) is 0. The maximum atomic E-state index is 5.31. The number of methoxy groups -OCH3 is 1. The van der Waals surface area contributed by atoms with Gasteiger partial charge in [-0.2, -0.15) is 0 Å². The topological polar surface area (TPSA) is 53.7 Å². The third kappa shape index (κ3) is 1.39. The Balaban J connectivity index is 2.03. The van der Waals surface area contributed by atoms with Crippen molar-refractivity contribution in [2.24, 2.45) is 0 Å². The highest BCUT2D eigenvalue weighted by Crippen LogP contribution is 2.34. The summed E-state index contributed by atoms with van der Waals surface area (Å²) in [7, 11) is 1.68. The van der Waals surface area contributed by atoms with Crippen LogP contribution in [-0.4, -0.2) is 22.1 Å². The van der Waals surface area contributed by atoms with Crippen molar-refractivity contribution in [2.75, 3.05) is 7.11 Å². The highest BCUT2D eigenvalue weighted by Gasteiger charge is 2.13. The number of aromatic amines is 2. The zero-order valence-corrected chi connectivity index (χ0v) is 12.0. The van der Waals surface area contributed by atoms with Gasteiger partial charge in [-0.25, -0.2) is 0 Å². The first-order chi connectivity index (χ1) is 10.8. The molecule has 3 aromatic heterocycles. The van der Waals surface area contributed by atoms with Crippen LogP contribution >= 0.6 is 0 Å². The number of benzene rings is 2. The lowest BCUT2D eigenvalue weighted by molar-refractivity contribution is 0.415. The Bertz CT molecular complexity index is 1170. The van der Waals surface area contributed by atoms with Crippen LogP contribution in [0.5, 0.6) is 5.75 Å². The maximum Gasteiger partial charge on any atom is 0.120 e. The molecule has 4 heteroatoms. The van der Waals surface area contributed by atoms with Crippen molar-refractivity contribution in [3.05, 3.63) is 48.7 Å². The van der Waals surface area contributed by atoms with Gasteiger partial charge in [0.05, 0.1) is 35.4 Å². The van der Waals surface area contributed by atoms with E-state index in [0.29, 0.717) is 0 Å². The molecule has 0 radical (unpaired) electrons. The monoisotopic (exact) mass is 287 g/mol. The molecule has 5 aromatic rings. The molecule has 0 aliphatic rings. The van der Waals surface area contributed by atoms with Crippen LogP contribution < -0.4 is 4.74 Å². The molecule has 0 atom stereocenters. The second-order valence-corrected chi connectivity index (χ2v) is 5.48. The molecule has 0 saturated carbocycles. The van der Waals surface area contributed by atoms with E-state index < -0.39 is 0 Å². The molecule has 106 valence electrons. The molecule has 0 amide bonds. The first kappa shape index (κ1) is 11.6. The van der Waals surface area contributed by atoms with E-state index in [1.807, 2.05) is 24.4 Å². The van der Waals surface area contributed by atoms with Gasteiger partial charge in [-0.05, 0) is 18.2 Å². The van der Waals surface area contributed by atoms with E-state index in [0.717, 1.165) is 38.7 Å². The van der Waals surface area contributed by atoms with Gasteiger partial charge in [0.15, 0.2) is 0 Å². The number of hydrogen-bond donors (Lipinski definition) is 2. The minimum Gasteiger partial charge on any atom is -0.497 e. The molecule has 0 spiro atoms. The molecule has 4 nitrogen and oxygen atoms in total. The van der Waals surface area contributed by atoms with Crippen LogP contribution in [0.3, 0.4) is 0 Å². The van der Waals surface area contributed by atoms with Crippen molar-refractivity contribution in [1.82, 2.24) is 15.0 Å². The highest BCUT2D eigenvalue weighted by atomic mass is 16.5. The smallest absolute Gasteiger partial charge is 0.120 e. The molecule has 5 rings (SSSR count). The van der Waals surface area contributed by atoms with Crippen molar-refractivity contribution >= 4 is 43.7 Å². The van der Waals surface area contributed by atoms with Crippen molar-refractivity contribution in [2.45, 2.75) is 0 Å². The molecule has 0 saturated heterocycles. The molecule has 0 aliphatic carbocycles. The number of H-pyrrole nitrogens is 2. The van der Waals surface area contributed by atoms with Crippen LogP contribution in [0.1, 0.15) is 0 Å². The van der Waals surface area contributed by atoms with E-state index in [9.17, 15) is 0 Å². The predicted octanol–water partition coefficient (Wildman–Crippen LogP) is 4.36. The highest BCUT2D eigenvalue weighted by molar-refractivity contribution is 6.22. The zero-order chi connectivity index (χ0) is 14.7. The normalized spacial score (nSPS) is 11.9. The molecular weight excluding hydrogens is 274 g/mol. The maximum absolute atomic E-state index is 5.31. The fraction of sp³-hybridized carbons (Fsp3) is 0.0556. The van der Waals surface area contributed by atoms with Crippen molar-refractivity contribution < 1.29 is 4.74 Å². The summed E-state index contributed by atoms with van der Waals surface area (Å²) < 4.78 is 5.31.